The molecule has 1 saturated carbocycles. The van der Waals surface area contributed by atoms with E-state index in [4.69, 9.17) is 0 Å². The van der Waals surface area contributed by atoms with E-state index in [2.05, 4.69) is 24.5 Å². The van der Waals surface area contributed by atoms with Gasteiger partial charge in [-0.1, -0.05) is 13.8 Å². The van der Waals surface area contributed by atoms with E-state index < -0.39 is 0 Å². The summed E-state index contributed by atoms with van der Waals surface area (Å²) < 4.78 is 0. The molecule has 0 heterocycles. The molecule has 0 aliphatic heterocycles. The minimum absolute atomic E-state index is 0.767. The molecule has 72 valence electrons. The van der Waals surface area contributed by atoms with E-state index in [1.807, 2.05) is 0 Å². The van der Waals surface area contributed by atoms with Gasteiger partial charge in [0.25, 0.3) is 0 Å². The molecule has 1 unspecified atom stereocenters. The summed E-state index contributed by atoms with van der Waals surface area (Å²) in [6.45, 7) is 9.11. The molecule has 2 N–H and O–H groups in total. The number of rotatable bonds is 7. The summed E-state index contributed by atoms with van der Waals surface area (Å²) in [4.78, 5) is 0. The number of hydrogen-bond acceptors (Lipinski definition) is 2. The fourth-order valence-corrected chi connectivity index (χ4v) is 1.32. The smallest absolute Gasteiger partial charge is 0.00109 e. The first-order valence-electron chi connectivity index (χ1n) is 5.24. The lowest BCUT2D eigenvalue weighted by Gasteiger charge is -2.12. The molecule has 2 heteroatoms. The molecule has 0 aromatic rings. The minimum Gasteiger partial charge on any atom is -0.317 e. The van der Waals surface area contributed by atoms with Gasteiger partial charge in [0, 0.05) is 0 Å². The molecule has 2 nitrogen and oxygen atoms in total. The van der Waals surface area contributed by atoms with Crippen molar-refractivity contribution < 1.29 is 0 Å². The van der Waals surface area contributed by atoms with Crippen LogP contribution in [0.2, 0.25) is 0 Å². The third-order valence-electron chi connectivity index (χ3n) is 2.37. The Kier molecular flexibility index (Phi) is 4.62. The molecule has 0 bridgehead atoms. The molecule has 12 heavy (non-hydrogen) atoms. The Morgan fingerprint density at radius 2 is 1.92 bits per heavy atom. The normalized spacial score (nSPS) is 19.5. The first kappa shape index (κ1) is 10.0. The fourth-order valence-electron chi connectivity index (χ4n) is 1.32. The van der Waals surface area contributed by atoms with Gasteiger partial charge in [-0.2, -0.15) is 0 Å². The van der Waals surface area contributed by atoms with Crippen molar-refractivity contribution in [3.8, 4) is 0 Å². The molecule has 0 aromatic heterocycles. The lowest BCUT2D eigenvalue weighted by Crippen LogP contribution is -2.30. The number of nitrogens with one attached hydrogen (secondary N) is 2. The van der Waals surface area contributed by atoms with E-state index in [1.165, 1.54) is 25.9 Å². The van der Waals surface area contributed by atoms with Crippen LogP contribution in [0.3, 0.4) is 0 Å². The van der Waals surface area contributed by atoms with Crippen LogP contribution in [0.4, 0.5) is 0 Å². The standard InChI is InChI=1S/C10H22N2/c1-3-11-6-9(2)7-12-8-10-4-5-10/h9-12H,3-8H2,1-2H3. The Bertz CT molecular complexity index is 110. The van der Waals surface area contributed by atoms with Crippen molar-refractivity contribution in [3.63, 3.8) is 0 Å². The van der Waals surface area contributed by atoms with Gasteiger partial charge in [0.05, 0.1) is 0 Å². The van der Waals surface area contributed by atoms with Gasteiger partial charge in [0.15, 0.2) is 0 Å². The van der Waals surface area contributed by atoms with Crippen LogP contribution in [0, 0.1) is 11.8 Å². The Balaban J connectivity index is 1.83. The summed E-state index contributed by atoms with van der Waals surface area (Å²) >= 11 is 0. The summed E-state index contributed by atoms with van der Waals surface area (Å²) in [7, 11) is 0. The number of hydrogen-bond donors (Lipinski definition) is 2. The molecule has 0 spiro atoms. The first-order chi connectivity index (χ1) is 5.83. The summed E-state index contributed by atoms with van der Waals surface area (Å²) in [5.41, 5.74) is 0. The lowest BCUT2D eigenvalue weighted by atomic mass is 10.2. The van der Waals surface area contributed by atoms with E-state index in [0.29, 0.717) is 0 Å². The molecule has 1 aliphatic rings. The quantitative estimate of drug-likeness (QED) is 0.600. The molecular formula is C10H22N2. The van der Waals surface area contributed by atoms with Gasteiger partial charge in [0.1, 0.15) is 0 Å². The van der Waals surface area contributed by atoms with E-state index in [9.17, 15) is 0 Å². The topological polar surface area (TPSA) is 24.1 Å². The van der Waals surface area contributed by atoms with E-state index in [-0.39, 0.29) is 0 Å². The van der Waals surface area contributed by atoms with Crippen molar-refractivity contribution in [1.82, 2.24) is 10.6 Å². The molecule has 1 fully saturated rings. The van der Waals surface area contributed by atoms with Crippen LogP contribution in [0.15, 0.2) is 0 Å². The largest absolute Gasteiger partial charge is 0.317 e. The van der Waals surface area contributed by atoms with Crippen LogP contribution in [-0.2, 0) is 0 Å². The van der Waals surface area contributed by atoms with Gasteiger partial charge >= 0.3 is 0 Å². The van der Waals surface area contributed by atoms with E-state index in [1.54, 1.807) is 0 Å². The summed E-state index contributed by atoms with van der Waals surface area (Å²) in [6.07, 6.45) is 2.91. The predicted molar refractivity (Wildman–Crippen MR) is 53.3 cm³/mol. The average molecular weight is 170 g/mol. The summed E-state index contributed by atoms with van der Waals surface area (Å²) in [6, 6.07) is 0. The average Bonchev–Trinajstić information content (AvgIpc) is 2.84. The fraction of sp³-hybridized carbons (Fsp3) is 1.00. The highest BCUT2D eigenvalue weighted by Gasteiger charge is 2.20. The van der Waals surface area contributed by atoms with Crippen molar-refractivity contribution >= 4 is 0 Å². The van der Waals surface area contributed by atoms with Crippen LogP contribution in [-0.4, -0.2) is 26.2 Å². The highest BCUT2D eigenvalue weighted by atomic mass is 14.9. The van der Waals surface area contributed by atoms with Crippen molar-refractivity contribution in [3.05, 3.63) is 0 Å². The molecule has 0 saturated heterocycles. The molecule has 0 radical (unpaired) electrons. The SMILES string of the molecule is CCNCC(C)CNCC1CC1. The molecule has 1 aliphatic carbocycles. The maximum atomic E-state index is 3.52. The molecule has 0 aromatic carbocycles. The van der Waals surface area contributed by atoms with Crippen LogP contribution < -0.4 is 10.6 Å². The van der Waals surface area contributed by atoms with Gasteiger partial charge in [0.2, 0.25) is 0 Å². The monoisotopic (exact) mass is 170 g/mol. The van der Waals surface area contributed by atoms with E-state index >= 15 is 0 Å². The summed E-state index contributed by atoms with van der Waals surface area (Å²) in [5, 5.41) is 6.88. The Hall–Kier alpha value is -0.0800. The lowest BCUT2D eigenvalue weighted by molar-refractivity contribution is 0.473. The highest BCUT2D eigenvalue weighted by molar-refractivity contribution is 4.75. The minimum atomic E-state index is 0.767. The van der Waals surface area contributed by atoms with Crippen molar-refractivity contribution in [2.45, 2.75) is 26.7 Å². The van der Waals surface area contributed by atoms with Crippen molar-refractivity contribution in [1.29, 1.82) is 0 Å². The zero-order chi connectivity index (χ0) is 8.81. The Morgan fingerprint density at radius 1 is 1.25 bits per heavy atom. The Labute approximate surface area is 76.1 Å². The highest BCUT2D eigenvalue weighted by Crippen LogP contribution is 2.27. The maximum Gasteiger partial charge on any atom is -0.00109 e. The molecule has 1 rings (SSSR count). The maximum absolute atomic E-state index is 3.52. The van der Waals surface area contributed by atoms with Crippen molar-refractivity contribution in [2.24, 2.45) is 11.8 Å². The second-order valence-corrected chi connectivity index (χ2v) is 4.01. The van der Waals surface area contributed by atoms with Gasteiger partial charge in [-0.05, 0) is 50.9 Å². The predicted octanol–water partition coefficient (Wildman–Crippen LogP) is 1.23. The molecular weight excluding hydrogens is 148 g/mol. The second-order valence-electron chi connectivity index (χ2n) is 4.01. The van der Waals surface area contributed by atoms with Crippen LogP contribution >= 0.6 is 0 Å². The van der Waals surface area contributed by atoms with Gasteiger partial charge in [-0.15, -0.1) is 0 Å². The second kappa shape index (κ2) is 5.55. The molecule has 1 atom stereocenters. The summed E-state index contributed by atoms with van der Waals surface area (Å²) in [5.74, 6) is 1.78. The van der Waals surface area contributed by atoms with Crippen LogP contribution in [0.1, 0.15) is 26.7 Å². The van der Waals surface area contributed by atoms with Gasteiger partial charge in [-0.25, -0.2) is 0 Å². The van der Waals surface area contributed by atoms with Gasteiger partial charge < -0.3 is 10.6 Å². The van der Waals surface area contributed by atoms with Crippen LogP contribution in [0.5, 0.6) is 0 Å². The van der Waals surface area contributed by atoms with Gasteiger partial charge in [-0.3, -0.25) is 0 Å². The Morgan fingerprint density at radius 3 is 2.50 bits per heavy atom. The zero-order valence-electron chi connectivity index (χ0n) is 8.40. The third-order valence-corrected chi connectivity index (χ3v) is 2.37. The van der Waals surface area contributed by atoms with Crippen molar-refractivity contribution in [2.75, 3.05) is 26.2 Å². The third kappa shape index (κ3) is 4.73. The molecule has 0 amide bonds. The zero-order valence-corrected chi connectivity index (χ0v) is 8.40. The van der Waals surface area contributed by atoms with E-state index in [0.717, 1.165) is 24.9 Å². The van der Waals surface area contributed by atoms with Crippen LogP contribution in [0.25, 0.3) is 0 Å². The first-order valence-corrected chi connectivity index (χ1v) is 5.24.